The number of benzene rings is 1. The predicted molar refractivity (Wildman–Crippen MR) is 84.5 cm³/mol. The van der Waals surface area contributed by atoms with Gasteiger partial charge in [0.2, 0.25) is 0 Å². The van der Waals surface area contributed by atoms with Gasteiger partial charge in [0.1, 0.15) is 0 Å². The van der Waals surface area contributed by atoms with Crippen LogP contribution in [0.3, 0.4) is 0 Å². The lowest BCUT2D eigenvalue weighted by molar-refractivity contribution is 0.0737. The smallest absolute Gasteiger partial charge is 0.276 e. The number of rotatable bonds is 3. The van der Waals surface area contributed by atoms with Gasteiger partial charge in [-0.1, -0.05) is 22.9 Å². The molecule has 0 unspecified atom stereocenters. The van der Waals surface area contributed by atoms with Crippen LogP contribution in [0.5, 0.6) is 0 Å². The lowest BCUT2D eigenvalue weighted by atomic mass is 10.2. The summed E-state index contributed by atoms with van der Waals surface area (Å²) in [5, 5.41) is 12.1. The zero-order chi connectivity index (χ0) is 15.7. The van der Waals surface area contributed by atoms with Crippen LogP contribution in [0.2, 0.25) is 5.02 Å². The Labute approximate surface area is 134 Å². The fourth-order valence-corrected chi connectivity index (χ4v) is 2.87. The van der Waals surface area contributed by atoms with Crippen molar-refractivity contribution in [1.82, 2.24) is 25.2 Å². The minimum Gasteiger partial charge on any atom is -0.336 e. The highest BCUT2D eigenvalue weighted by molar-refractivity contribution is 6.30. The Morgan fingerprint density at radius 2 is 2.32 bits per heavy atom. The third-order valence-corrected chi connectivity index (χ3v) is 4.29. The molecule has 2 heterocycles. The first kappa shape index (κ1) is 15.0. The zero-order valence-corrected chi connectivity index (χ0v) is 13.3. The fraction of sp³-hybridized carbons (Fsp3) is 0.400. The summed E-state index contributed by atoms with van der Waals surface area (Å²) in [4.78, 5) is 14.4. The highest BCUT2D eigenvalue weighted by atomic mass is 35.5. The molecule has 1 saturated heterocycles. The van der Waals surface area contributed by atoms with Crippen LogP contribution in [0.25, 0.3) is 5.69 Å². The number of likely N-dealkylation sites (N-methyl/N-ethyl adjacent to an activating group) is 1. The Bertz CT molecular complexity index is 693. The number of amides is 1. The molecule has 0 radical (unpaired) electrons. The molecule has 116 valence electrons. The molecule has 2 aromatic rings. The molecule has 22 heavy (non-hydrogen) atoms. The maximum absolute atomic E-state index is 12.6. The quantitative estimate of drug-likeness (QED) is 0.934. The molecule has 1 N–H and O–H groups in total. The summed E-state index contributed by atoms with van der Waals surface area (Å²) in [6, 6.07) is 7.53. The number of hydrogen-bond donors (Lipinski definition) is 1. The van der Waals surface area contributed by atoms with Crippen molar-refractivity contribution < 1.29 is 4.79 Å². The zero-order valence-electron chi connectivity index (χ0n) is 12.6. The Balaban J connectivity index is 1.88. The lowest BCUT2D eigenvalue weighted by Gasteiger charge is -2.22. The van der Waals surface area contributed by atoms with E-state index in [1.54, 1.807) is 21.7 Å². The molecule has 0 aliphatic carbocycles. The Morgan fingerprint density at radius 3 is 3.00 bits per heavy atom. The predicted octanol–water partition coefficient (Wildman–Crippen LogP) is 1.66. The summed E-state index contributed by atoms with van der Waals surface area (Å²) >= 11 is 6.01. The van der Waals surface area contributed by atoms with Gasteiger partial charge in [-0.3, -0.25) is 4.79 Å². The molecule has 1 aromatic heterocycles. The molecule has 1 atom stereocenters. The van der Waals surface area contributed by atoms with Crippen molar-refractivity contribution in [2.75, 3.05) is 20.1 Å². The van der Waals surface area contributed by atoms with Gasteiger partial charge in [0.15, 0.2) is 5.69 Å². The molecular formula is C15H18ClN5O. The minimum absolute atomic E-state index is 0.0977. The molecule has 0 saturated carbocycles. The summed E-state index contributed by atoms with van der Waals surface area (Å²) in [6.07, 6.45) is 0.962. The monoisotopic (exact) mass is 319 g/mol. The molecule has 7 heteroatoms. The number of carbonyl (C=O) groups excluding carboxylic acids is 1. The highest BCUT2D eigenvalue weighted by Crippen LogP contribution is 2.18. The van der Waals surface area contributed by atoms with E-state index in [4.69, 9.17) is 11.6 Å². The number of aromatic nitrogens is 3. The number of carbonyl (C=O) groups is 1. The van der Waals surface area contributed by atoms with E-state index < -0.39 is 0 Å². The van der Waals surface area contributed by atoms with Crippen LogP contribution >= 0.6 is 11.6 Å². The van der Waals surface area contributed by atoms with Gasteiger partial charge in [-0.25, -0.2) is 4.68 Å². The lowest BCUT2D eigenvalue weighted by Crippen LogP contribution is -2.38. The Kier molecular flexibility index (Phi) is 4.13. The number of nitrogens with one attached hydrogen (secondary N) is 1. The van der Waals surface area contributed by atoms with Crippen molar-refractivity contribution in [1.29, 1.82) is 0 Å². The van der Waals surface area contributed by atoms with Gasteiger partial charge in [0, 0.05) is 24.7 Å². The minimum atomic E-state index is -0.0977. The van der Waals surface area contributed by atoms with Crippen molar-refractivity contribution in [3.05, 3.63) is 40.7 Å². The van der Waals surface area contributed by atoms with Crippen LogP contribution in [0.1, 0.15) is 22.6 Å². The van der Waals surface area contributed by atoms with E-state index in [2.05, 4.69) is 15.6 Å². The van der Waals surface area contributed by atoms with Gasteiger partial charge in [0.05, 0.1) is 11.4 Å². The number of halogens is 1. The topological polar surface area (TPSA) is 63.1 Å². The fourth-order valence-electron chi connectivity index (χ4n) is 2.68. The van der Waals surface area contributed by atoms with Crippen molar-refractivity contribution in [3.8, 4) is 5.69 Å². The van der Waals surface area contributed by atoms with E-state index in [-0.39, 0.29) is 11.9 Å². The summed E-state index contributed by atoms with van der Waals surface area (Å²) in [6.45, 7) is 3.61. The molecule has 1 amide bonds. The van der Waals surface area contributed by atoms with E-state index >= 15 is 0 Å². The van der Waals surface area contributed by atoms with E-state index in [9.17, 15) is 4.79 Å². The average Bonchev–Trinajstić information content (AvgIpc) is 3.15. The molecule has 3 rings (SSSR count). The summed E-state index contributed by atoms with van der Waals surface area (Å²) in [7, 11) is 1.82. The first-order chi connectivity index (χ1) is 10.6. The second-order valence-electron chi connectivity index (χ2n) is 5.48. The first-order valence-corrected chi connectivity index (χ1v) is 7.62. The standard InChI is InChI=1S/C15H18ClN5O/c1-10-14(15(22)20(2)13-6-7-17-9-13)18-19-21(10)12-5-3-4-11(16)8-12/h3-5,8,13,17H,6-7,9H2,1-2H3/t13-/m0/s1. The van der Waals surface area contributed by atoms with Crippen molar-refractivity contribution in [3.63, 3.8) is 0 Å². The van der Waals surface area contributed by atoms with Crippen LogP contribution in [-0.4, -0.2) is 52.0 Å². The van der Waals surface area contributed by atoms with Crippen LogP contribution in [0.15, 0.2) is 24.3 Å². The normalized spacial score (nSPS) is 17.7. The van der Waals surface area contributed by atoms with Crippen molar-refractivity contribution >= 4 is 17.5 Å². The van der Waals surface area contributed by atoms with Crippen LogP contribution in [0.4, 0.5) is 0 Å². The number of nitrogens with zero attached hydrogens (tertiary/aromatic N) is 4. The van der Waals surface area contributed by atoms with Crippen LogP contribution in [-0.2, 0) is 0 Å². The van der Waals surface area contributed by atoms with Gasteiger partial charge in [0.25, 0.3) is 5.91 Å². The molecule has 1 aromatic carbocycles. The molecule has 0 spiro atoms. The average molecular weight is 320 g/mol. The molecule has 0 bridgehead atoms. The summed E-state index contributed by atoms with van der Waals surface area (Å²) in [5.74, 6) is -0.0977. The van der Waals surface area contributed by atoms with Gasteiger partial charge in [-0.15, -0.1) is 5.10 Å². The molecular weight excluding hydrogens is 302 g/mol. The second-order valence-corrected chi connectivity index (χ2v) is 5.91. The van der Waals surface area contributed by atoms with Crippen LogP contribution in [0, 0.1) is 6.92 Å². The van der Waals surface area contributed by atoms with Gasteiger partial charge < -0.3 is 10.2 Å². The third kappa shape index (κ3) is 2.71. The van der Waals surface area contributed by atoms with Crippen molar-refractivity contribution in [2.24, 2.45) is 0 Å². The van der Waals surface area contributed by atoms with Gasteiger partial charge in [-0.2, -0.15) is 0 Å². The van der Waals surface area contributed by atoms with Crippen molar-refractivity contribution in [2.45, 2.75) is 19.4 Å². The number of hydrogen-bond acceptors (Lipinski definition) is 4. The third-order valence-electron chi connectivity index (χ3n) is 4.05. The Hall–Kier alpha value is -1.92. The molecule has 1 fully saturated rings. The maximum Gasteiger partial charge on any atom is 0.276 e. The van der Waals surface area contributed by atoms with Gasteiger partial charge in [-0.05, 0) is 38.1 Å². The molecule has 1 aliphatic heterocycles. The van der Waals surface area contributed by atoms with E-state index in [1.165, 1.54) is 0 Å². The second kappa shape index (κ2) is 6.06. The summed E-state index contributed by atoms with van der Waals surface area (Å²) < 4.78 is 1.64. The van der Waals surface area contributed by atoms with Crippen LogP contribution < -0.4 is 5.32 Å². The largest absolute Gasteiger partial charge is 0.336 e. The molecule has 6 nitrogen and oxygen atoms in total. The Morgan fingerprint density at radius 1 is 1.50 bits per heavy atom. The van der Waals surface area contributed by atoms with E-state index in [0.29, 0.717) is 16.4 Å². The highest BCUT2D eigenvalue weighted by Gasteiger charge is 2.27. The first-order valence-electron chi connectivity index (χ1n) is 7.24. The SMILES string of the molecule is Cc1c(C(=O)N(C)[C@H]2CCNC2)nnn1-c1cccc(Cl)c1. The van der Waals surface area contributed by atoms with Gasteiger partial charge >= 0.3 is 0 Å². The summed E-state index contributed by atoms with van der Waals surface area (Å²) in [5.41, 5.74) is 1.89. The van der Waals surface area contributed by atoms with E-state index in [1.807, 2.05) is 26.1 Å². The maximum atomic E-state index is 12.6. The molecule has 1 aliphatic rings. The van der Waals surface area contributed by atoms with E-state index in [0.717, 1.165) is 25.2 Å².